The average molecular weight is 337 g/mol. The Morgan fingerprint density at radius 2 is 1.80 bits per heavy atom. The van der Waals surface area contributed by atoms with Crippen molar-refractivity contribution in [3.8, 4) is 17.6 Å². The summed E-state index contributed by atoms with van der Waals surface area (Å²) in [6.07, 6.45) is 2.27. The fourth-order valence-corrected chi connectivity index (χ4v) is 2.16. The zero-order chi connectivity index (χ0) is 18.1. The smallest absolute Gasteiger partial charge is 0.346 e. The van der Waals surface area contributed by atoms with Crippen molar-refractivity contribution in [1.82, 2.24) is 0 Å². The van der Waals surface area contributed by atoms with Crippen LogP contribution in [0.4, 0.5) is 0 Å². The monoisotopic (exact) mass is 337 g/mol. The standard InChI is InChI=1S/C20H19NO4/c1-2-15-7-9-18(10-8-15)24-11-12-25-19-6-4-3-5-16(19)13-17(14-21)20(22)23/h3-10,13H,2,11-12H2,1H3,(H,22,23). The second-order valence-electron chi connectivity index (χ2n) is 5.21. The zero-order valence-corrected chi connectivity index (χ0v) is 13.9. The van der Waals surface area contributed by atoms with E-state index >= 15 is 0 Å². The summed E-state index contributed by atoms with van der Waals surface area (Å²) in [6.45, 7) is 2.75. The van der Waals surface area contributed by atoms with Crippen molar-refractivity contribution in [2.24, 2.45) is 0 Å². The van der Waals surface area contributed by atoms with Crippen LogP contribution in [-0.2, 0) is 11.2 Å². The molecule has 0 radical (unpaired) electrons. The molecule has 0 bridgehead atoms. The number of benzene rings is 2. The minimum Gasteiger partial charge on any atom is -0.490 e. The number of carbonyl (C=O) groups is 1. The molecule has 2 aromatic rings. The summed E-state index contributed by atoms with van der Waals surface area (Å²) in [7, 11) is 0. The lowest BCUT2D eigenvalue weighted by Crippen LogP contribution is -2.09. The van der Waals surface area contributed by atoms with Gasteiger partial charge in [0.15, 0.2) is 0 Å². The average Bonchev–Trinajstić information content (AvgIpc) is 2.64. The van der Waals surface area contributed by atoms with E-state index in [4.69, 9.17) is 19.8 Å². The van der Waals surface area contributed by atoms with Crippen molar-refractivity contribution in [1.29, 1.82) is 5.26 Å². The number of nitriles is 1. The van der Waals surface area contributed by atoms with Gasteiger partial charge in [0.25, 0.3) is 0 Å². The molecular weight excluding hydrogens is 318 g/mol. The summed E-state index contributed by atoms with van der Waals surface area (Å²) in [5, 5.41) is 17.8. The summed E-state index contributed by atoms with van der Waals surface area (Å²) in [4.78, 5) is 11.0. The summed E-state index contributed by atoms with van der Waals surface area (Å²) in [5.41, 5.74) is 1.44. The van der Waals surface area contributed by atoms with Crippen LogP contribution >= 0.6 is 0 Å². The van der Waals surface area contributed by atoms with Crippen molar-refractivity contribution in [3.63, 3.8) is 0 Å². The molecule has 0 aliphatic rings. The van der Waals surface area contributed by atoms with Crippen LogP contribution in [0.25, 0.3) is 6.08 Å². The van der Waals surface area contributed by atoms with Gasteiger partial charge >= 0.3 is 5.97 Å². The minimum absolute atomic E-state index is 0.301. The molecule has 0 aliphatic heterocycles. The predicted octanol–water partition coefficient (Wildman–Crippen LogP) is 3.70. The van der Waals surface area contributed by atoms with Gasteiger partial charge in [0.1, 0.15) is 36.4 Å². The fraction of sp³-hybridized carbons (Fsp3) is 0.200. The number of hydrogen-bond donors (Lipinski definition) is 1. The van der Waals surface area contributed by atoms with Crippen molar-refractivity contribution in [2.75, 3.05) is 13.2 Å². The van der Waals surface area contributed by atoms with E-state index in [2.05, 4.69) is 6.92 Å². The number of nitrogens with zero attached hydrogens (tertiary/aromatic N) is 1. The van der Waals surface area contributed by atoms with Crippen molar-refractivity contribution < 1.29 is 19.4 Å². The van der Waals surface area contributed by atoms with Gasteiger partial charge in [0, 0.05) is 5.56 Å². The van der Waals surface area contributed by atoms with E-state index < -0.39 is 5.97 Å². The van der Waals surface area contributed by atoms with E-state index in [1.54, 1.807) is 30.3 Å². The topological polar surface area (TPSA) is 79.5 Å². The fourth-order valence-electron chi connectivity index (χ4n) is 2.16. The summed E-state index contributed by atoms with van der Waals surface area (Å²) >= 11 is 0. The third kappa shape index (κ3) is 5.40. The Bertz CT molecular complexity index is 788. The van der Waals surface area contributed by atoms with E-state index in [-0.39, 0.29) is 5.57 Å². The number of hydrogen-bond acceptors (Lipinski definition) is 4. The van der Waals surface area contributed by atoms with Crippen LogP contribution in [-0.4, -0.2) is 24.3 Å². The lowest BCUT2D eigenvalue weighted by atomic mass is 10.1. The molecule has 0 saturated heterocycles. The Labute approximate surface area is 146 Å². The van der Waals surface area contributed by atoms with Gasteiger partial charge in [-0.2, -0.15) is 5.26 Å². The molecule has 0 heterocycles. The molecule has 1 N–H and O–H groups in total. The number of aliphatic carboxylic acids is 1. The normalized spacial score (nSPS) is 10.8. The minimum atomic E-state index is -1.27. The van der Waals surface area contributed by atoms with Gasteiger partial charge in [-0.3, -0.25) is 0 Å². The first-order valence-electron chi connectivity index (χ1n) is 7.92. The number of ether oxygens (including phenoxy) is 2. The van der Waals surface area contributed by atoms with Crippen LogP contribution in [0.1, 0.15) is 18.1 Å². The highest BCUT2D eigenvalue weighted by molar-refractivity contribution is 5.96. The quantitative estimate of drug-likeness (QED) is 0.451. The summed E-state index contributed by atoms with van der Waals surface area (Å²) in [6, 6.07) is 16.5. The Morgan fingerprint density at radius 1 is 1.12 bits per heavy atom. The largest absolute Gasteiger partial charge is 0.490 e. The predicted molar refractivity (Wildman–Crippen MR) is 94.5 cm³/mol. The molecule has 2 rings (SSSR count). The number of aryl methyl sites for hydroxylation is 1. The SMILES string of the molecule is CCc1ccc(OCCOc2ccccc2C=C(C#N)C(=O)O)cc1. The van der Waals surface area contributed by atoms with E-state index in [0.29, 0.717) is 24.5 Å². The lowest BCUT2D eigenvalue weighted by Gasteiger charge is -2.11. The second kappa shape index (κ2) is 9.14. The van der Waals surface area contributed by atoms with Crippen LogP contribution < -0.4 is 9.47 Å². The molecule has 2 aromatic carbocycles. The summed E-state index contributed by atoms with van der Waals surface area (Å²) < 4.78 is 11.3. The maximum absolute atomic E-state index is 11.0. The number of para-hydroxylation sites is 1. The van der Waals surface area contributed by atoms with E-state index in [1.165, 1.54) is 11.6 Å². The molecule has 0 aliphatic carbocycles. The Hall–Kier alpha value is -3.26. The Kier molecular flexibility index (Phi) is 6.61. The highest BCUT2D eigenvalue weighted by Crippen LogP contribution is 2.21. The summed E-state index contributed by atoms with van der Waals surface area (Å²) in [5.74, 6) is 0.00391. The van der Waals surface area contributed by atoms with Crippen LogP contribution in [0.15, 0.2) is 54.1 Å². The number of carboxylic acid groups (broad SMARTS) is 1. The van der Waals surface area contributed by atoms with Crippen LogP contribution in [0.2, 0.25) is 0 Å². The molecule has 0 spiro atoms. The number of carboxylic acids is 1. The third-order valence-electron chi connectivity index (χ3n) is 3.51. The van der Waals surface area contributed by atoms with Crippen molar-refractivity contribution in [3.05, 3.63) is 65.2 Å². The van der Waals surface area contributed by atoms with E-state index in [9.17, 15) is 4.79 Å². The molecule has 5 heteroatoms. The molecule has 0 atom stereocenters. The van der Waals surface area contributed by atoms with Gasteiger partial charge in [-0.05, 0) is 36.3 Å². The second-order valence-corrected chi connectivity index (χ2v) is 5.21. The lowest BCUT2D eigenvalue weighted by molar-refractivity contribution is -0.132. The molecule has 0 fully saturated rings. The Balaban J connectivity index is 1.95. The molecule has 0 aromatic heterocycles. The third-order valence-corrected chi connectivity index (χ3v) is 3.51. The van der Waals surface area contributed by atoms with Crippen LogP contribution in [0.3, 0.4) is 0 Å². The van der Waals surface area contributed by atoms with E-state index in [0.717, 1.165) is 12.2 Å². The van der Waals surface area contributed by atoms with Gasteiger partial charge in [0.05, 0.1) is 0 Å². The van der Waals surface area contributed by atoms with Crippen molar-refractivity contribution >= 4 is 12.0 Å². The highest BCUT2D eigenvalue weighted by Gasteiger charge is 2.08. The molecule has 0 amide bonds. The highest BCUT2D eigenvalue weighted by atomic mass is 16.5. The maximum Gasteiger partial charge on any atom is 0.346 e. The van der Waals surface area contributed by atoms with E-state index in [1.807, 2.05) is 24.3 Å². The first-order chi connectivity index (χ1) is 12.1. The zero-order valence-electron chi connectivity index (χ0n) is 13.9. The van der Waals surface area contributed by atoms with Crippen molar-refractivity contribution in [2.45, 2.75) is 13.3 Å². The Morgan fingerprint density at radius 3 is 2.44 bits per heavy atom. The first kappa shape index (κ1) is 18.1. The maximum atomic E-state index is 11.0. The molecule has 128 valence electrons. The first-order valence-corrected chi connectivity index (χ1v) is 7.92. The molecule has 0 unspecified atom stereocenters. The van der Waals surface area contributed by atoms with Gasteiger partial charge < -0.3 is 14.6 Å². The van der Waals surface area contributed by atoms with Gasteiger partial charge in [-0.1, -0.05) is 37.3 Å². The van der Waals surface area contributed by atoms with Gasteiger partial charge in [-0.15, -0.1) is 0 Å². The van der Waals surface area contributed by atoms with Gasteiger partial charge in [0.2, 0.25) is 0 Å². The number of rotatable bonds is 8. The molecule has 25 heavy (non-hydrogen) atoms. The molecule has 5 nitrogen and oxygen atoms in total. The molecular formula is C20H19NO4. The van der Waals surface area contributed by atoms with Crippen LogP contribution in [0.5, 0.6) is 11.5 Å². The van der Waals surface area contributed by atoms with Gasteiger partial charge in [-0.25, -0.2) is 4.79 Å². The molecule has 0 saturated carbocycles. The van der Waals surface area contributed by atoms with Crippen LogP contribution in [0, 0.1) is 11.3 Å².